The lowest BCUT2D eigenvalue weighted by atomic mass is 9.72. The summed E-state index contributed by atoms with van der Waals surface area (Å²) in [6.07, 6.45) is -1.37. The van der Waals surface area contributed by atoms with E-state index < -0.39 is 19.3 Å². The van der Waals surface area contributed by atoms with Gasteiger partial charge in [-0.3, -0.25) is 4.79 Å². The number of benzene rings is 1. The number of phenolic OH excluding ortho intramolecular Hbond substituents is 1. The molecule has 0 bridgehead atoms. The van der Waals surface area contributed by atoms with E-state index in [9.17, 15) is 25.1 Å². The van der Waals surface area contributed by atoms with Crippen molar-refractivity contribution in [2.75, 3.05) is 0 Å². The predicted molar refractivity (Wildman–Crippen MR) is 69.8 cm³/mol. The van der Waals surface area contributed by atoms with Crippen molar-refractivity contribution < 1.29 is 29.8 Å². The maximum absolute atomic E-state index is 11.4. The van der Waals surface area contributed by atoms with Crippen LogP contribution in [0.5, 0.6) is 11.5 Å². The van der Waals surface area contributed by atoms with Gasteiger partial charge in [0, 0.05) is 6.42 Å². The van der Waals surface area contributed by atoms with Crippen molar-refractivity contribution in [1.29, 1.82) is 0 Å². The predicted octanol–water partition coefficient (Wildman–Crippen LogP) is -0.775. The molecule has 2 rings (SSSR count). The Morgan fingerprint density at radius 2 is 2.25 bits per heavy atom. The molecule has 0 spiro atoms. The average molecular weight is 281 g/mol. The van der Waals surface area contributed by atoms with Gasteiger partial charge in [-0.25, -0.2) is 0 Å². The monoisotopic (exact) mass is 281 g/mol. The average Bonchev–Trinajstić information content (AvgIpc) is 2.39. The van der Waals surface area contributed by atoms with Crippen LogP contribution in [0.25, 0.3) is 0 Å². The van der Waals surface area contributed by atoms with Crippen LogP contribution < -0.4 is 9.97 Å². The summed E-state index contributed by atoms with van der Waals surface area (Å²) in [4.78, 5) is 11.4. The first-order valence-electron chi connectivity index (χ1n) is 6.29. The molecule has 1 aromatic carbocycles. The number of aromatic hydroxyl groups is 1. The molecular weight excluding hydrogens is 265 g/mol. The third kappa shape index (κ3) is 2.72. The van der Waals surface area contributed by atoms with Gasteiger partial charge in [0.05, 0.1) is 11.5 Å². The van der Waals surface area contributed by atoms with Crippen molar-refractivity contribution in [2.24, 2.45) is 0 Å². The Balaban J connectivity index is 2.31. The number of amides is 1. The lowest BCUT2D eigenvalue weighted by molar-refractivity contribution is -0.121. The molecule has 108 valence electrons. The molecule has 5 N–H and O–H groups in total. The van der Waals surface area contributed by atoms with Crippen molar-refractivity contribution >= 4 is 13.0 Å². The van der Waals surface area contributed by atoms with E-state index in [1.165, 1.54) is 6.07 Å². The van der Waals surface area contributed by atoms with Gasteiger partial charge in [0.15, 0.2) is 6.29 Å². The molecule has 1 aliphatic heterocycles. The number of carbonyl (C=O) groups is 1. The van der Waals surface area contributed by atoms with Crippen LogP contribution in [-0.4, -0.2) is 39.3 Å². The summed E-state index contributed by atoms with van der Waals surface area (Å²) in [5, 5.41) is 40.6. The third-order valence-electron chi connectivity index (χ3n) is 3.20. The second-order valence-corrected chi connectivity index (χ2v) is 4.60. The molecule has 0 fully saturated rings. The number of carbonyl (C=O) groups excluding carboxylic acids is 1. The summed E-state index contributed by atoms with van der Waals surface area (Å²) in [6, 6.07) is 2.86. The lowest BCUT2D eigenvalue weighted by Gasteiger charge is -2.30. The third-order valence-corrected chi connectivity index (χ3v) is 3.20. The van der Waals surface area contributed by atoms with Crippen LogP contribution in [0.3, 0.4) is 0 Å². The molecule has 0 saturated heterocycles. The number of nitrogens with one attached hydrogen (secondary N) is 1. The zero-order valence-corrected chi connectivity index (χ0v) is 10.9. The lowest BCUT2D eigenvalue weighted by Crippen LogP contribution is -2.53. The number of hydrogen-bond donors (Lipinski definition) is 5. The first-order valence-corrected chi connectivity index (χ1v) is 6.29. The Morgan fingerprint density at radius 1 is 1.55 bits per heavy atom. The van der Waals surface area contributed by atoms with Gasteiger partial charge in [-0.05, 0) is 18.1 Å². The molecule has 0 saturated carbocycles. The van der Waals surface area contributed by atoms with Gasteiger partial charge in [0.1, 0.15) is 11.5 Å². The zero-order chi connectivity index (χ0) is 14.9. The number of fused-ring (bicyclic) bond motifs is 1. The minimum Gasteiger partial charge on any atom is -0.534 e. The van der Waals surface area contributed by atoms with Gasteiger partial charge in [0.25, 0.3) is 0 Å². The van der Waals surface area contributed by atoms with Crippen LogP contribution in [0.15, 0.2) is 12.1 Å². The SMILES string of the molecule is CCC(=O)N[C@H]1Cc2ccc(O)c(C(O)O)c2OB1O. The molecule has 0 radical (unpaired) electrons. The van der Waals surface area contributed by atoms with Crippen molar-refractivity contribution in [2.45, 2.75) is 32.0 Å². The van der Waals surface area contributed by atoms with Gasteiger partial charge in [0.2, 0.25) is 5.91 Å². The number of rotatable bonds is 3. The maximum Gasteiger partial charge on any atom is 0.547 e. The zero-order valence-electron chi connectivity index (χ0n) is 10.9. The van der Waals surface area contributed by atoms with E-state index in [0.29, 0.717) is 5.56 Å². The van der Waals surface area contributed by atoms with E-state index in [4.69, 9.17) is 4.65 Å². The van der Waals surface area contributed by atoms with Crippen LogP contribution >= 0.6 is 0 Å². The summed E-state index contributed by atoms with van der Waals surface area (Å²) in [6.45, 7) is 1.69. The smallest absolute Gasteiger partial charge is 0.534 e. The van der Waals surface area contributed by atoms with Crippen molar-refractivity contribution in [3.63, 3.8) is 0 Å². The molecule has 0 aromatic heterocycles. The maximum atomic E-state index is 11.4. The minimum atomic E-state index is -1.92. The number of phenols is 1. The van der Waals surface area contributed by atoms with Crippen molar-refractivity contribution in [3.05, 3.63) is 23.3 Å². The fourth-order valence-corrected chi connectivity index (χ4v) is 2.16. The first-order chi connectivity index (χ1) is 9.43. The molecule has 0 aliphatic carbocycles. The Kier molecular flexibility index (Phi) is 4.17. The van der Waals surface area contributed by atoms with E-state index in [-0.39, 0.29) is 35.8 Å². The summed E-state index contributed by atoms with van der Waals surface area (Å²) in [5.74, 6) is -1.14. The molecule has 20 heavy (non-hydrogen) atoms. The van der Waals surface area contributed by atoms with E-state index >= 15 is 0 Å². The Bertz CT molecular complexity index is 521. The highest BCUT2D eigenvalue weighted by Crippen LogP contribution is 2.38. The number of aliphatic hydroxyl groups excluding tert-OH is 1. The summed E-state index contributed by atoms with van der Waals surface area (Å²) >= 11 is 0. The number of hydrogen-bond acceptors (Lipinski definition) is 6. The van der Waals surface area contributed by atoms with Crippen molar-refractivity contribution in [1.82, 2.24) is 5.32 Å². The minimum absolute atomic E-state index is 0.0366. The molecule has 1 aliphatic rings. The van der Waals surface area contributed by atoms with E-state index in [0.717, 1.165) is 0 Å². The van der Waals surface area contributed by atoms with Crippen molar-refractivity contribution in [3.8, 4) is 11.5 Å². The van der Waals surface area contributed by atoms with Gasteiger partial charge < -0.3 is 30.3 Å². The quantitative estimate of drug-likeness (QED) is 0.366. The fraction of sp³-hybridized carbons (Fsp3) is 0.417. The second kappa shape index (κ2) is 5.70. The Labute approximate surface area is 116 Å². The first kappa shape index (κ1) is 14.6. The Morgan fingerprint density at radius 3 is 2.85 bits per heavy atom. The fourth-order valence-electron chi connectivity index (χ4n) is 2.16. The van der Waals surface area contributed by atoms with Gasteiger partial charge in [-0.15, -0.1) is 0 Å². The van der Waals surface area contributed by atoms with Crippen LogP contribution in [-0.2, 0) is 11.2 Å². The Hall–Kier alpha value is -1.77. The molecule has 7 nitrogen and oxygen atoms in total. The standard InChI is InChI=1S/C12H16BNO6/c1-2-9(16)14-8-5-6-3-4-7(15)10(12(17)18)11(6)20-13(8)19/h3-4,8,12,15,17-19H,2,5H2,1H3,(H,14,16)/t8-/m0/s1. The highest BCUT2D eigenvalue weighted by atomic mass is 16.5. The van der Waals surface area contributed by atoms with Crippen LogP contribution in [0.2, 0.25) is 0 Å². The normalized spacial score (nSPS) is 17.6. The van der Waals surface area contributed by atoms with E-state index in [1.54, 1.807) is 13.0 Å². The molecule has 1 atom stereocenters. The van der Waals surface area contributed by atoms with Crippen LogP contribution in [0, 0.1) is 0 Å². The molecule has 8 heteroatoms. The van der Waals surface area contributed by atoms with Crippen LogP contribution in [0.4, 0.5) is 0 Å². The summed E-state index contributed by atoms with van der Waals surface area (Å²) in [7, 11) is -1.32. The topological polar surface area (TPSA) is 119 Å². The molecular formula is C12H16BNO6. The molecule has 1 amide bonds. The second-order valence-electron chi connectivity index (χ2n) is 4.60. The molecule has 1 aromatic rings. The highest BCUT2D eigenvalue weighted by molar-refractivity contribution is 6.46. The number of aliphatic hydroxyl groups is 2. The molecule has 0 unspecified atom stereocenters. The van der Waals surface area contributed by atoms with E-state index in [1.807, 2.05) is 0 Å². The largest absolute Gasteiger partial charge is 0.547 e. The van der Waals surface area contributed by atoms with E-state index in [2.05, 4.69) is 5.32 Å². The van der Waals surface area contributed by atoms with Gasteiger partial charge in [-0.1, -0.05) is 13.0 Å². The van der Waals surface area contributed by atoms with Gasteiger partial charge >= 0.3 is 7.12 Å². The van der Waals surface area contributed by atoms with Crippen LogP contribution in [0.1, 0.15) is 30.8 Å². The molecule has 1 heterocycles. The summed E-state index contributed by atoms with van der Waals surface area (Å²) in [5.41, 5.74) is 0.374. The summed E-state index contributed by atoms with van der Waals surface area (Å²) < 4.78 is 5.22. The van der Waals surface area contributed by atoms with Gasteiger partial charge in [-0.2, -0.15) is 0 Å². The highest BCUT2D eigenvalue weighted by Gasteiger charge is 2.38.